The van der Waals surface area contributed by atoms with Crippen molar-refractivity contribution in [1.29, 1.82) is 0 Å². The lowest BCUT2D eigenvalue weighted by Gasteiger charge is -2.18. The van der Waals surface area contributed by atoms with Crippen LogP contribution in [0.4, 0.5) is 0 Å². The zero-order valence-electron chi connectivity index (χ0n) is 20.2. The van der Waals surface area contributed by atoms with Crippen LogP contribution in [0.2, 0.25) is 5.02 Å². The van der Waals surface area contributed by atoms with Gasteiger partial charge in [0.15, 0.2) is 11.5 Å². The molecule has 3 aromatic rings. The van der Waals surface area contributed by atoms with Crippen molar-refractivity contribution in [3.8, 4) is 23.0 Å². The highest BCUT2D eigenvalue weighted by molar-refractivity contribution is 6.35. The number of nitrogens with zero attached hydrogens (tertiary/aromatic N) is 1. The first-order chi connectivity index (χ1) is 17.9. The lowest BCUT2D eigenvalue weighted by atomic mass is 10.2. The number of benzene rings is 3. The van der Waals surface area contributed by atoms with E-state index in [2.05, 4.69) is 0 Å². The van der Waals surface area contributed by atoms with Crippen molar-refractivity contribution >= 4 is 29.4 Å². The number of hydroxylamine groups is 2. The molecule has 4 rings (SSSR count). The van der Waals surface area contributed by atoms with Crippen LogP contribution in [0.25, 0.3) is 0 Å². The highest BCUT2D eigenvalue weighted by Gasteiger charge is 2.34. The van der Waals surface area contributed by atoms with Crippen molar-refractivity contribution in [3.63, 3.8) is 0 Å². The summed E-state index contributed by atoms with van der Waals surface area (Å²) in [6.45, 7) is 0.310. The second-order valence-corrected chi connectivity index (χ2v) is 8.37. The summed E-state index contributed by atoms with van der Waals surface area (Å²) in [5.74, 6) is -0.340. The van der Waals surface area contributed by atoms with E-state index in [9.17, 15) is 14.4 Å². The molecule has 2 amide bonds. The van der Waals surface area contributed by atoms with E-state index in [1.165, 1.54) is 12.1 Å². The van der Waals surface area contributed by atoms with Crippen molar-refractivity contribution in [3.05, 3.63) is 82.4 Å². The molecule has 1 aliphatic rings. The quantitative estimate of drug-likeness (QED) is 0.350. The van der Waals surface area contributed by atoms with Crippen LogP contribution >= 0.6 is 11.6 Å². The molecule has 10 heteroatoms. The molecule has 0 aromatic heterocycles. The first kappa shape index (κ1) is 25.8. The highest BCUT2D eigenvalue weighted by atomic mass is 35.5. The molecule has 0 aliphatic carbocycles. The maximum absolute atomic E-state index is 12.8. The van der Waals surface area contributed by atoms with Crippen molar-refractivity contribution in [2.75, 3.05) is 14.2 Å². The van der Waals surface area contributed by atoms with Gasteiger partial charge in [0.2, 0.25) is 0 Å². The Hall–Kier alpha value is -4.24. The molecule has 0 radical (unpaired) electrons. The van der Waals surface area contributed by atoms with Crippen LogP contribution in [0, 0.1) is 0 Å². The summed E-state index contributed by atoms with van der Waals surface area (Å²) in [7, 11) is 3.16. The van der Waals surface area contributed by atoms with Crippen LogP contribution < -0.4 is 18.9 Å². The molecule has 0 saturated carbocycles. The summed E-state index contributed by atoms with van der Waals surface area (Å²) in [6, 6.07) is 17.5. The maximum Gasteiger partial charge on any atom is 0.365 e. The molecule has 0 spiro atoms. The van der Waals surface area contributed by atoms with E-state index >= 15 is 0 Å². The first-order valence-corrected chi connectivity index (χ1v) is 11.7. The molecule has 0 unspecified atom stereocenters. The molecule has 0 bridgehead atoms. The number of halogens is 1. The molecule has 1 fully saturated rings. The van der Waals surface area contributed by atoms with Gasteiger partial charge < -0.3 is 23.8 Å². The Morgan fingerprint density at radius 1 is 0.784 bits per heavy atom. The van der Waals surface area contributed by atoms with Crippen LogP contribution in [0.1, 0.15) is 34.3 Å². The largest absolute Gasteiger partial charge is 0.497 e. The van der Waals surface area contributed by atoms with E-state index in [0.717, 1.165) is 11.1 Å². The number of methoxy groups -OCH3 is 2. The zero-order valence-corrected chi connectivity index (χ0v) is 20.9. The van der Waals surface area contributed by atoms with Crippen LogP contribution in [0.15, 0.2) is 60.7 Å². The Bertz CT molecular complexity index is 1280. The Labute approximate surface area is 218 Å². The fourth-order valence-corrected chi connectivity index (χ4v) is 3.78. The van der Waals surface area contributed by atoms with Crippen molar-refractivity contribution < 1.29 is 38.2 Å². The molecule has 1 heterocycles. The third kappa shape index (κ3) is 6.13. The topological polar surface area (TPSA) is 101 Å². The fourth-order valence-electron chi connectivity index (χ4n) is 3.49. The van der Waals surface area contributed by atoms with Crippen molar-refractivity contribution in [1.82, 2.24) is 5.06 Å². The summed E-state index contributed by atoms with van der Waals surface area (Å²) in [5.41, 5.74) is 1.60. The lowest BCUT2D eigenvalue weighted by molar-refractivity contribution is -0.172. The standard InChI is InChI=1S/C27H24ClNO8/c1-33-19-7-3-17(4-8-19)15-35-22-12-11-21(27(32)37-29-23(30)13-14-24(29)31)25(28)26(22)36-16-18-5-9-20(34-2)10-6-18/h3-12H,13-16H2,1-2H3. The van der Waals surface area contributed by atoms with Gasteiger partial charge in [0, 0.05) is 12.8 Å². The third-order valence-corrected chi connectivity index (χ3v) is 5.93. The lowest BCUT2D eigenvalue weighted by Crippen LogP contribution is -2.32. The van der Waals surface area contributed by atoms with Gasteiger partial charge in [-0.2, -0.15) is 0 Å². The molecule has 0 N–H and O–H groups in total. The zero-order chi connectivity index (χ0) is 26.4. The normalized spacial score (nSPS) is 12.9. The SMILES string of the molecule is COc1ccc(COc2ccc(C(=O)ON3C(=O)CCC3=O)c(Cl)c2OCc2ccc(OC)cc2)cc1. The molecule has 0 atom stereocenters. The molecule has 9 nitrogen and oxygen atoms in total. The molecule has 3 aromatic carbocycles. The molecular weight excluding hydrogens is 502 g/mol. The van der Waals surface area contributed by atoms with E-state index in [4.69, 9.17) is 35.4 Å². The molecule has 1 aliphatic heterocycles. The summed E-state index contributed by atoms with van der Waals surface area (Å²) < 4.78 is 22.3. The number of hydrogen-bond donors (Lipinski definition) is 0. The van der Waals surface area contributed by atoms with Gasteiger partial charge >= 0.3 is 5.97 Å². The number of ether oxygens (including phenoxy) is 4. The minimum absolute atomic E-state index is 0.0196. The van der Waals surface area contributed by atoms with Crippen molar-refractivity contribution in [2.24, 2.45) is 0 Å². The first-order valence-electron chi connectivity index (χ1n) is 11.3. The van der Waals surface area contributed by atoms with Gasteiger partial charge in [-0.15, -0.1) is 5.06 Å². The van der Waals surface area contributed by atoms with Gasteiger partial charge in [-0.1, -0.05) is 35.9 Å². The van der Waals surface area contributed by atoms with E-state index < -0.39 is 17.8 Å². The average molecular weight is 526 g/mol. The van der Waals surface area contributed by atoms with Crippen molar-refractivity contribution in [2.45, 2.75) is 26.1 Å². The van der Waals surface area contributed by atoms with E-state index in [1.54, 1.807) is 26.4 Å². The van der Waals surface area contributed by atoms with Crippen LogP contribution in [0.5, 0.6) is 23.0 Å². The highest BCUT2D eigenvalue weighted by Crippen LogP contribution is 2.39. The predicted octanol–water partition coefficient (Wildman–Crippen LogP) is 4.74. The third-order valence-electron chi connectivity index (χ3n) is 5.56. The minimum Gasteiger partial charge on any atom is -0.497 e. The maximum atomic E-state index is 12.8. The van der Waals surface area contributed by atoms with Gasteiger partial charge in [-0.3, -0.25) is 9.59 Å². The monoisotopic (exact) mass is 525 g/mol. The van der Waals surface area contributed by atoms with Crippen LogP contribution in [-0.2, 0) is 27.6 Å². The number of amides is 2. The molecular formula is C27H24ClNO8. The van der Waals surface area contributed by atoms with E-state index in [1.807, 2.05) is 36.4 Å². The Morgan fingerprint density at radius 3 is 1.81 bits per heavy atom. The van der Waals surface area contributed by atoms with Gasteiger partial charge in [-0.25, -0.2) is 4.79 Å². The number of carbonyl (C=O) groups excluding carboxylic acids is 3. The summed E-state index contributed by atoms with van der Waals surface area (Å²) in [5, 5.41) is 0.384. The Kier molecular flexibility index (Phi) is 8.15. The van der Waals surface area contributed by atoms with E-state index in [-0.39, 0.29) is 42.4 Å². The second-order valence-electron chi connectivity index (χ2n) is 7.99. The number of imide groups is 1. The smallest absolute Gasteiger partial charge is 0.365 e. The number of hydrogen-bond acceptors (Lipinski definition) is 8. The van der Waals surface area contributed by atoms with Gasteiger partial charge in [0.05, 0.1) is 19.8 Å². The number of carbonyl (C=O) groups is 3. The van der Waals surface area contributed by atoms with E-state index in [0.29, 0.717) is 22.3 Å². The number of rotatable bonds is 10. The fraction of sp³-hybridized carbons (Fsp3) is 0.222. The van der Waals surface area contributed by atoms with Crippen LogP contribution in [-0.4, -0.2) is 37.1 Å². The Morgan fingerprint density at radius 2 is 1.30 bits per heavy atom. The molecule has 192 valence electrons. The van der Waals surface area contributed by atoms with Gasteiger partial charge in [0.25, 0.3) is 11.8 Å². The molecule has 1 saturated heterocycles. The average Bonchev–Trinajstić information content (AvgIpc) is 3.24. The second kappa shape index (κ2) is 11.7. The minimum atomic E-state index is -0.968. The van der Waals surface area contributed by atoms with Gasteiger partial charge in [0.1, 0.15) is 29.7 Å². The summed E-state index contributed by atoms with van der Waals surface area (Å²) >= 11 is 6.57. The van der Waals surface area contributed by atoms with Gasteiger partial charge in [-0.05, 0) is 47.5 Å². The summed E-state index contributed by atoms with van der Waals surface area (Å²) in [4.78, 5) is 41.5. The Balaban J connectivity index is 1.57. The predicted molar refractivity (Wildman–Crippen MR) is 133 cm³/mol. The van der Waals surface area contributed by atoms with Crippen LogP contribution in [0.3, 0.4) is 0 Å². The molecule has 37 heavy (non-hydrogen) atoms. The summed E-state index contributed by atoms with van der Waals surface area (Å²) in [6.07, 6.45) is -0.0393.